The minimum Gasteiger partial charge on any atom is -0.314 e. The highest BCUT2D eigenvalue weighted by Gasteiger charge is 2.28. The third-order valence-corrected chi connectivity index (χ3v) is 4.00. The quantitative estimate of drug-likeness (QED) is 0.888. The number of nitrogens with zero attached hydrogens (tertiary/aromatic N) is 2. The highest BCUT2D eigenvalue weighted by atomic mass is 32.1. The minimum absolute atomic E-state index is 0.0394. The van der Waals surface area contributed by atoms with Crippen LogP contribution in [0.2, 0.25) is 0 Å². The summed E-state index contributed by atoms with van der Waals surface area (Å²) in [7, 11) is 0. The van der Waals surface area contributed by atoms with Crippen molar-refractivity contribution < 1.29 is 0 Å². The van der Waals surface area contributed by atoms with Crippen LogP contribution in [0.5, 0.6) is 0 Å². The second-order valence-electron chi connectivity index (χ2n) is 6.32. The molecule has 1 aromatic rings. The van der Waals surface area contributed by atoms with E-state index in [1.165, 1.54) is 5.01 Å². The number of aromatic nitrogens is 2. The molecule has 0 aromatic carbocycles. The van der Waals surface area contributed by atoms with Gasteiger partial charge in [0.15, 0.2) is 0 Å². The molecule has 2 atom stereocenters. The van der Waals surface area contributed by atoms with Crippen LogP contribution >= 0.6 is 11.5 Å². The van der Waals surface area contributed by atoms with Gasteiger partial charge in [-0.05, 0) is 30.9 Å². The zero-order chi connectivity index (χ0) is 13.9. The molecule has 4 heteroatoms. The lowest BCUT2D eigenvalue weighted by atomic mass is 9.89. The summed E-state index contributed by atoms with van der Waals surface area (Å²) in [4.78, 5) is 4.77. The van der Waals surface area contributed by atoms with Gasteiger partial charge in [0.05, 0.1) is 0 Å². The molecule has 1 rings (SSSR count). The lowest BCUT2D eigenvalue weighted by Crippen LogP contribution is -2.34. The van der Waals surface area contributed by atoms with Crippen molar-refractivity contribution >= 4 is 11.5 Å². The van der Waals surface area contributed by atoms with E-state index in [2.05, 4.69) is 58.2 Å². The van der Waals surface area contributed by atoms with Crippen molar-refractivity contribution in [2.75, 3.05) is 6.54 Å². The molecule has 2 unspecified atom stereocenters. The first-order chi connectivity index (χ1) is 8.27. The van der Waals surface area contributed by atoms with E-state index in [-0.39, 0.29) is 5.41 Å². The van der Waals surface area contributed by atoms with Crippen molar-refractivity contribution in [3.05, 3.63) is 10.8 Å². The first-order valence-electron chi connectivity index (χ1n) is 6.84. The van der Waals surface area contributed by atoms with Crippen molar-refractivity contribution in [3.8, 4) is 0 Å². The zero-order valence-corrected chi connectivity index (χ0v) is 13.6. The Bertz CT molecular complexity index is 365. The average Bonchev–Trinajstić information content (AvgIpc) is 2.66. The Kier molecular flexibility index (Phi) is 5.29. The van der Waals surface area contributed by atoms with Crippen LogP contribution in [0.15, 0.2) is 0 Å². The Morgan fingerprint density at radius 3 is 2.22 bits per heavy atom. The largest absolute Gasteiger partial charge is 0.314 e. The van der Waals surface area contributed by atoms with E-state index in [4.69, 9.17) is 4.98 Å². The maximum Gasteiger partial charge on any atom is 0.147 e. The summed E-state index contributed by atoms with van der Waals surface area (Å²) in [6.45, 7) is 16.4. The number of nitrogens with one attached hydrogen (secondary N) is 1. The molecule has 0 bridgehead atoms. The van der Waals surface area contributed by atoms with Gasteiger partial charge >= 0.3 is 0 Å². The van der Waals surface area contributed by atoms with Gasteiger partial charge in [0.1, 0.15) is 10.8 Å². The molecular formula is C14H27N3S. The maximum atomic E-state index is 4.77. The fourth-order valence-corrected chi connectivity index (χ4v) is 3.42. The Morgan fingerprint density at radius 1 is 1.22 bits per heavy atom. The van der Waals surface area contributed by atoms with Crippen LogP contribution in [0.4, 0.5) is 0 Å². The first kappa shape index (κ1) is 15.6. The topological polar surface area (TPSA) is 37.8 Å². The summed E-state index contributed by atoms with van der Waals surface area (Å²) in [5, 5.41) is 4.68. The Labute approximate surface area is 116 Å². The molecule has 0 spiro atoms. The van der Waals surface area contributed by atoms with Crippen molar-refractivity contribution in [1.29, 1.82) is 0 Å². The smallest absolute Gasteiger partial charge is 0.147 e. The molecular weight excluding hydrogens is 242 g/mol. The summed E-state index contributed by atoms with van der Waals surface area (Å²) in [5.41, 5.74) is 0.0394. The summed E-state index contributed by atoms with van der Waals surface area (Å²) >= 11 is 1.57. The number of likely N-dealkylation sites (N-methyl/N-ethyl adjacent to an activating group) is 1. The van der Waals surface area contributed by atoms with Crippen LogP contribution in [0.1, 0.15) is 65.2 Å². The van der Waals surface area contributed by atoms with E-state index in [1.54, 1.807) is 11.5 Å². The number of hydrogen-bond acceptors (Lipinski definition) is 4. The van der Waals surface area contributed by atoms with Crippen molar-refractivity contribution in [1.82, 2.24) is 14.7 Å². The summed E-state index contributed by atoms with van der Waals surface area (Å²) < 4.78 is 4.54. The summed E-state index contributed by atoms with van der Waals surface area (Å²) in [5.74, 6) is 1.98. The molecule has 1 N–H and O–H groups in total. The van der Waals surface area contributed by atoms with E-state index in [1.807, 2.05) is 0 Å². The molecule has 0 saturated carbocycles. The average molecular weight is 269 g/mol. The SMILES string of the molecule is CCNC(C)C(c1nc(C(C)(C)C)ns1)C(C)C. The van der Waals surface area contributed by atoms with E-state index >= 15 is 0 Å². The predicted molar refractivity (Wildman–Crippen MR) is 79.3 cm³/mol. The van der Waals surface area contributed by atoms with E-state index in [0.29, 0.717) is 17.9 Å². The van der Waals surface area contributed by atoms with E-state index in [0.717, 1.165) is 12.4 Å². The standard InChI is InChI=1S/C14H27N3S/c1-8-15-10(4)11(9(2)3)12-16-13(17-18-12)14(5,6)7/h9-11,15H,8H2,1-7H3. The third-order valence-electron chi connectivity index (χ3n) is 3.18. The van der Waals surface area contributed by atoms with E-state index in [9.17, 15) is 0 Å². The van der Waals surface area contributed by atoms with Crippen LogP contribution in [0.25, 0.3) is 0 Å². The highest BCUT2D eigenvalue weighted by molar-refractivity contribution is 7.05. The Morgan fingerprint density at radius 2 is 1.83 bits per heavy atom. The molecule has 0 aliphatic heterocycles. The van der Waals surface area contributed by atoms with Crippen molar-refractivity contribution in [2.24, 2.45) is 5.92 Å². The van der Waals surface area contributed by atoms with Crippen LogP contribution in [-0.4, -0.2) is 21.9 Å². The van der Waals surface area contributed by atoms with Crippen molar-refractivity contribution in [3.63, 3.8) is 0 Å². The van der Waals surface area contributed by atoms with Gasteiger partial charge in [0.25, 0.3) is 0 Å². The van der Waals surface area contributed by atoms with Gasteiger partial charge in [-0.15, -0.1) is 0 Å². The monoisotopic (exact) mass is 269 g/mol. The van der Waals surface area contributed by atoms with Crippen LogP contribution in [0, 0.1) is 5.92 Å². The molecule has 0 aliphatic rings. The van der Waals surface area contributed by atoms with Gasteiger partial charge in [0, 0.05) is 17.4 Å². The summed E-state index contributed by atoms with van der Waals surface area (Å²) in [6, 6.07) is 0.441. The van der Waals surface area contributed by atoms with Gasteiger partial charge in [-0.25, -0.2) is 4.98 Å². The first-order valence-corrected chi connectivity index (χ1v) is 7.62. The van der Waals surface area contributed by atoms with Crippen molar-refractivity contribution in [2.45, 2.75) is 65.8 Å². The Balaban J connectivity index is 2.97. The van der Waals surface area contributed by atoms with Gasteiger partial charge in [-0.3, -0.25) is 0 Å². The zero-order valence-electron chi connectivity index (χ0n) is 12.7. The molecule has 0 saturated heterocycles. The van der Waals surface area contributed by atoms with Crippen LogP contribution in [-0.2, 0) is 5.41 Å². The molecule has 3 nitrogen and oxygen atoms in total. The fraction of sp³-hybridized carbons (Fsp3) is 0.857. The predicted octanol–water partition coefficient (Wildman–Crippen LogP) is 3.57. The molecule has 1 aromatic heterocycles. The van der Waals surface area contributed by atoms with Gasteiger partial charge < -0.3 is 5.32 Å². The fourth-order valence-electron chi connectivity index (χ4n) is 2.20. The highest BCUT2D eigenvalue weighted by Crippen LogP contribution is 2.31. The molecule has 18 heavy (non-hydrogen) atoms. The lowest BCUT2D eigenvalue weighted by molar-refractivity contribution is 0.380. The third kappa shape index (κ3) is 3.75. The van der Waals surface area contributed by atoms with Gasteiger partial charge in [-0.1, -0.05) is 41.5 Å². The molecule has 104 valence electrons. The number of hydrogen-bond donors (Lipinski definition) is 1. The van der Waals surface area contributed by atoms with E-state index < -0.39 is 0 Å². The van der Waals surface area contributed by atoms with Crippen LogP contribution < -0.4 is 5.32 Å². The maximum absolute atomic E-state index is 4.77. The van der Waals surface area contributed by atoms with Gasteiger partial charge in [0.2, 0.25) is 0 Å². The van der Waals surface area contributed by atoms with Crippen LogP contribution in [0.3, 0.4) is 0 Å². The molecule has 0 fully saturated rings. The van der Waals surface area contributed by atoms with Gasteiger partial charge in [-0.2, -0.15) is 4.37 Å². The number of rotatable bonds is 5. The lowest BCUT2D eigenvalue weighted by Gasteiger charge is -2.26. The molecule has 0 radical (unpaired) electrons. The molecule has 1 heterocycles. The normalized spacial score (nSPS) is 16.0. The second kappa shape index (κ2) is 6.11. The second-order valence-corrected chi connectivity index (χ2v) is 7.11. The Hall–Kier alpha value is -0.480. The molecule has 0 amide bonds. The minimum atomic E-state index is 0.0394. The molecule has 0 aliphatic carbocycles. The summed E-state index contributed by atoms with van der Waals surface area (Å²) in [6.07, 6.45) is 0.